The Bertz CT molecular complexity index is 186. The summed E-state index contributed by atoms with van der Waals surface area (Å²) in [7, 11) is 3.17. The number of rotatable bonds is 3. The van der Waals surface area contributed by atoms with E-state index < -0.39 is 11.2 Å². The standard InChI is InChI=1S/C9H16O3/c1-7-5-8(2,6-10)9(7,11-3)12-4/h6-7H,5H2,1-4H3. The van der Waals surface area contributed by atoms with Crippen molar-refractivity contribution < 1.29 is 14.3 Å². The Morgan fingerprint density at radius 1 is 1.42 bits per heavy atom. The van der Waals surface area contributed by atoms with Gasteiger partial charge in [-0.3, -0.25) is 0 Å². The van der Waals surface area contributed by atoms with Crippen molar-refractivity contribution in [3.05, 3.63) is 0 Å². The molecule has 12 heavy (non-hydrogen) atoms. The Morgan fingerprint density at radius 2 is 1.92 bits per heavy atom. The van der Waals surface area contributed by atoms with Crippen molar-refractivity contribution in [1.82, 2.24) is 0 Å². The average Bonchev–Trinajstić information content (AvgIpc) is 2.06. The van der Waals surface area contributed by atoms with Crippen LogP contribution in [0.25, 0.3) is 0 Å². The molecule has 0 aliphatic heterocycles. The van der Waals surface area contributed by atoms with Crippen LogP contribution >= 0.6 is 0 Å². The SMILES string of the molecule is COC1(OC)C(C)CC1(C)C=O. The number of hydrogen-bond donors (Lipinski definition) is 0. The first-order chi connectivity index (χ1) is 5.56. The minimum atomic E-state index is -0.700. The molecule has 0 radical (unpaired) electrons. The van der Waals surface area contributed by atoms with Crippen LogP contribution in [0.15, 0.2) is 0 Å². The van der Waals surface area contributed by atoms with Gasteiger partial charge in [-0.2, -0.15) is 0 Å². The third-order valence-corrected chi connectivity index (χ3v) is 3.04. The second-order valence-electron chi connectivity index (χ2n) is 3.72. The van der Waals surface area contributed by atoms with Crippen LogP contribution in [-0.2, 0) is 14.3 Å². The summed E-state index contributed by atoms with van der Waals surface area (Å²) in [5.41, 5.74) is -0.476. The van der Waals surface area contributed by atoms with Crippen LogP contribution in [0.5, 0.6) is 0 Å². The molecule has 1 aliphatic carbocycles. The monoisotopic (exact) mass is 172 g/mol. The molecule has 2 atom stereocenters. The van der Waals surface area contributed by atoms with E-state index in [1.54, 1.807) is 14.2 Å². The van der Waals surface area contributed by atoms with E-state index in [-0.39, 0.29) is 5.92 Å². The number of carbonyl (C=O) groups excluding carboxylic acids is 1. The molecule has 1 fully saturated rings. The first kappa shape index (κ1) is 9.68. The van der Waals surface area contributed by atoms with Crippen molar-refractivity contribution >= 4 is 6.29 Å². The van der Waals surface area contributed by atoms with E-state index in [0.29, 0.717) is 0 Å². The smallest absolute Gasteiger partial charge is 0.182 e. The van der Waals surface area contributed by atoms with Crippen LogP contribution in [-0.4, -0.2) is 26.3 Å². The molecule has 3 heteroatoms. The lowest BCUT2D eigenvalue weighted by atomic mass is 9.58. The molecular weight excluding hydrogens is 156 g/mol. The lowest BCUT2D eigenvalue weighted by Crippen LogP contribution is -2.65. The normalized spacial score (nSPS) is 38.8. The quantitative estimate of drug-likeness (QED) is 0.474. The fourth-order valence-electron chi connectivity index (χ4n) is 2.43. The van der Waals surface area contributed by atoms with Crippen molar-refractivity contribution in [3.63, 3.8) is 0 Å². The summed E-state index contributed by atoms with van der Waals surface area (Å²) in [6.07, 6.45) is 1.76. The zero-order valence-corrected chi connectivity index (χ0v) is 8.09. The predicted molar refractivity (Wildman–Crippen MR) is 44.7 cm³/mol. The molecular formula is C9H16O3. The third kappa shape index (κ3) is 0.866. The number of carbonyl (C=O) groups is 1. The zero-order chi connectivity index (χ0) is 9.41. The maximum Gasteiger partial charge on any atom is 0.182 e. The van der Waals surface area contributed by atoms with E-state index in [2.05, 4.69) is 0 Å². The van der Waals surface area contributed by atoms with Gasteiger partial charge in [-0.25, -0.2) is 0 Å². The molecule has 0 aromatic heterocycles. The first-order valence-electron chi connectivity index (χ1n) is 4.13. The van der Waals surface area contributed by atoms with Crippen molar-refractivity contribution in [1.29, 1.82) is 0 Å². The summed E-state index contributed by atoms with van der Waals surface area (Å²) in [5.74, 6) is -0.419. The van der Waals surface area contributed by atoms with Crippen LogP contribution in [0, 0.1) is 11.3 Å². The van der Waals surface area contributed by atoms with Crippen molar-refractivity contribution in [2.24, 2.45) is 11.3 Å². The Kier molecular flexibility index (Phi) is 2.27. The van der Waals surface area contributed by atoms with Crippen LogP contribution in [0.1, 0.15) is 20.3 Å². The van der Waals surface area contributed by atoms with Gasteiger partial charge in [0.15, 0.2) is 5.79 Å². The van der Waals surface area contributed by atoms with Gasteiger partial charge in [0.2, 0.25) is 0 Å². The number of hydrogen-bond acceptors (Lipinski definition) is 3. The summed E-state index contributed by atoms with van der Waals surface area (Å²) >= 11 is 0. The average molecular weight is 172 g/mol. The Balaban J connectivity index is 2.90. The van der Waals surface area contributed by atoms with Crippen LogP contribution in [0.3, 0.4) is 0 Å². The number of ether oxygens (including phenoxy) is 2. The van der Waals surface area contributed by atoms with Gasteiger partial charge in [0, 0.05) is 20.1 Å². The van der Waals surface area contributed by atoms with E-state index in [9.17, 15) is 4.79 Å². The largest absolute Gasteiger partial charge is 0.352 e. The van der Waals surface area contributed by atoms with Gasteiger partial charge in [0.1, 0.15) is 6.29 Å². The molecule has 0 aromatic rings. The fourth-order valence-corrected chi connectivity index (χ4v) is 2.43. The molecule has 1 rings (SSSR count). The molecule has 0 saturated heterocycles. The van der Waals surface area contributed by atoms with Gasteiger partial charge in [0.05, 0.1) is 5.41 Å². The molecule has 0 bridgehead atoms. The molecule has 1 aliphatic rings. The maximum atomic E-state index is 10.8. The van der Waals surface area contributed by atoms with Crippen LogP contribution in [0.4, 0.5) is 0 Å². The van der Waals surface area contributed by atoms with E-state index in [0.717, 1.165) is 12.7 Å². The molecule has 3 nitrogen and oxygen atoms in total. The summed E-state index contributed by atoms with van der Waals surface area (Å²) < 4.78 is 10.6. The summed E-state index contributed by atoms with van der Waals surface area (Å²) in [4.78, 5) is 10.8. The minimum absolute atomic E-state index is 0.280. The molecule has 0 N–H and O–H groups in total. The van der Waals surface area contributed by atoms with Crippen LogP contribution < -0.4 is 0 Å². The molecule has 2 unspecified atom stereocenters. The number of aldehydes is 1. The predicted octanol–water partition coefficient (Wildman–Crippen LogP) is 1.22. The van der Waals surface area contributed by atoms with Gasteiger partial charge < -0.3 is 14.3 Å². The third-order valence-electron chi connectivity index (χ3n) is 3.04. The zero-order valence-electron chi connectivity index (χ0n) is 8.09. The Morgan fingerprint density at radius 3 is 2.08 bits per heavy atom. The van der Waals surface area contributed by atoms with Gasteiger partial charge in [-0.05, 0) is 13.3 Å². The lowest BCUT2D eigenvalue weighted by Gasteiger charge is -2.56. The van der Waals surface area contributed by atoms with E-state index >= 15 is 0 Å². The Hall–Kier alpha value is -0.410. The molecule has 0 heterocycles. The highest BCUT2D eigenvalue weighted by Crippen LogP contribution is 2.55. The van der Waals surface area contributed by atoms with Crippen molar-refractivity contribution in [2.75, 3.05) is 14.2 Å². The van der Waals surface area contributed by atoms with Gasteiger partial charge in [0.25, 0.3) is 0 Å². The van der Waals surface area contributed by atoms with Gasteiger partial charge in [-0.15, -0.1) is 0 Å². The highest BCUT2D eigenvalue weighted by atomic mass is 16.7. The van der Waals surface area contributed by atoms with Crippen molar-refractivity contribution in [3.8, 4) is 0 Å². The van der Waals surface area contributed by atoms with E-state index in [1.807, 2.05) is 13.8 Å². The fraction of sp³-hybridized carbons (Fsp3) is 0.889. The van der Waals surface area contributed by atoms with Crippen molar-refractivity contribution in [2.45, 2.75) is 26.1 Å². The topological polar surface area (TPSA) is 35.5 Å². The molecule has 0 aromatic carbocycles. The molecule has 70 valence electrons. The summed E-state index contributed by atoms with van der Waals surface area (Å²) in [5, 5.41) is 0. The van der Waals surface area contributed by atoms with E-state index in [1.165, 1.54) is 0 Å². The maximum absolute atomic E-state index is 10.8. The highest BCUT2D eigenvalue weighted by molar-refractivity contribution is 5.63. The molecule has 0 spiro atoms. The molecule has 1 saturated carbocycles. The second kappa shape index (κ2) is 2.82. The first-order valence-corrected chi connectivity index (χ1v) is 4.13. The summed E-state index contributed by atoms with van der Waals surface area (Å²) in [6.45, 7) is 3.89. The van der Waals surface area contributed by atoms with E-state index in [4.69, 9.17) is 9.47 Å². The van der Waals surface area contributed by atoms with Crippen LogP contribution in [0.2, 0.25) is 0 Å². The van der Waals surface area contributed by atoms with Gasteiger partial charge in [-0.1, -0.05) is 6.92 Å². The lowest BCUT2D eigenvalue weighted by molar-refractivity contribution is -0.341. The second-order valence-corrected chi connectivity index (χ2v) is 3.72. The van der Waals surface area contributed by atoms with Gasteiger partial charge >= 0.3 is 0 Å². The molecule has 0 amide bonds. The Labute approximate surface area is 73.0 Å². The minimum Gasteiger partial charge on any atom is -0.352 e. The number of methoxy groups -OCH3 is 2. The summed E-state index contributed by atoms with van der Waals surface area (Å²) in [6, 6.07) is 0. The highest BCUT2D eigenvalue weighted by Gasteiger charge is 2.63.